The molecule has 0 unspecified atom stereocenters. The Morgan fingerprint density at radius 3 is 2.76 bits per heavy atom. The fourth-order valence-corrected chi connectivity index (χ4v) is 2.09. The van der Waals surface area contributed by atoms with E-state index < -0.39 is 0 Å². The lowest BCUT2D eigenvalue weighted by Crippen LogP contribution is -2.02. The van der Waals surface area contributed by atoms with Gasteiger partial charge in [0, 0.05) is 18.9 Å². The van der Waals surface area contributed by atoms with E-state index in [4.69, 9.17) is 10.5 Å². The van der Waals surface area contributed by atoms with E-state index in [1.807, 2.05) is 43.4 Å². The van der Waals surface area contributed by atoms with Crippen molar-refractivity contribution < 1.29 is 4.74 Å². The Hall–Kier alpha value is -2.82. The second-order valence-electron chi connectivity index (χ2n) is 4.74. The number of rotatable bonds is 4. The molecule has 0 aliphatic heterocycles. The van der Waals surface area contributed by atoms with E-state index in [2.05, 4.69) is 10.1 Å². The quantitative estimate of drug-likeness (QED) is 0.798. The van der Waals surface area contributed by atoms with E-state index in [1.54, 1.807) is 23.1 Å². The normalized spacial score (nSPS) is 10.5. The third kappa shape index (κ3) is 2.86. The molecule has 2 N–H and O–H groups in total. The van der Waals surface area contributed by atoms with Crippen LogP contribution in [0.15, 0.2) is 54.9 Å². The summed E-state index contributed by atoms with van der Waals surface area (Å²) in [5.41, 5.74) is 9.17. The van der Waals surface area contributed by atoms with Crippen LogP contribution in [0, 0.1) is 0 Å². The Kier molecular flexibility index (Phi) is 3.55. The smallest absolute Gasteiger partial charge is 0.221 e. The molecule has 0 bridgehead atoms. The van der Waals surface area contributed by atoms with Crippen molar-refractivity contribution in [3.8, 4) is 17.1 Å². The molecular weight excluding hydrogens is 264 g/mol. The van der Waals surface area contributed by atoms with E-state index >= 15 is 0 Å². The maximum absolute atomic E-state index is 5.91. The lowest BCUT2D eigenvalue weighted by atomic mass is 10.2. The van der Waals surface area contributed by atoms with Crippen molar-refractivity contribution in [2.45, 2.75) is 6.61 Å². The van der Waals surface area contributed by atoms with Gasteiger partial charge in [-0.15, -0.1) is 0 Å². The number of aromatic nitrogens is 3. The molecule has 5 nitrogen and oxygen atoms in total. The van der Waals surface area contributed by atoms with Crippen molar-refractivity contribution in [2.24, 2.45) is 7.05 Å². The molecule has 0 aliphatic rings. The Labute approximate surface area is 123 Å². The topological polar surface area (TPSA) is 66.0 Å². The van der Waals surface area contributed by atoms with Gasteiger partial charge < -0.3 is 10.5 Å². The number of benzene rings is 1. The van der Waals surface area contributed by atoms with Crippen LogP contribution >= 0.6 is 0 Å². The van der Waals surface area contributed by atoms with Crippen molar-refractivity contribution in [1.82, 2.24) is 14.8 Å². The molecule has 5 heteroatoms. The molecule has 3 rings (SSSR count). The number of hydrogen-bond donors (Lipinski definition) is 1. The van der Waals surface area contributed by atoms with Crippen molar-refractivity contribution in [1.29, 1.82) is 0 Å². The summed E-state index contributed by atoms with van der Waals surface area (Å²) in [6.07, 6.45) is 3.42. The minimum Gasteiger partial charge on any atom is -0.472 e. The molecule has 3 aromatic rings. The molecule has 1 aromatic carbocycles. The van der Waals surface area contributed by atoms with Gasteiger partial charge in [0.1, 0.15) is 6.61 Å². The highest BCUT2D eigenvalue weighted by molar-refractivity contribution is 5.67. The van der Waals surface area contributed by atoms with Crippen LogP contribution in [0.2, 0.25) is 0 Å². The van der Waals surface area contributed by atoms with Gasteiger partial charge >= 0.3 is 0 Å². The van der Waals surface area contributed by atoms with Crippen molar-refractivity contribution in [3.05, 3.63) is 60.4 Å². The first-order valence-electron chi connectivity index (χ1n) is 6.64. The standard InChI is InChI=1S/C16H16N4O/c1-20-16(21-11-12-5-3-2-4-6-12)14(10-19-20)15-9-13(17)7-8-18-15/h2-10H,11H2,1H3,(H2,17,18). The number of ether oxygens (including phenoxy) is 1. The molecule has 0 aliphatic carbocycles. The number of anilines is 1. The molecule has 2 aromatic heterocycles. The van der Waals surface area contributed by atoms with Gasteiger partial charge in [-0.05, 0) is 17.7 Å². The summed E-state index contributed by atoms with van der Waals surface area (Å²) in [7, 11) is 1.84. The number of nitrogens with zero attached hydrogens (tertiary/aromatic N) is 3. The van der Waals surface area contributed by atoms with E-state index in [1.165, 1.54) is 0 Å². The van der Waals surface area contributed by atoms with Crippen LogP contribution in [-0.2, 0) is 13.7 Å². The summed E-state index contributed by atoms with van der Waals surface area (Å²) in [4.78, 5) is 4.33. The molecule has 0 saturated carbocycles. The van der Waals surface area contributed by atoms with Crippen LogP contribution in [0.1, 0.15) is 5.56 Å². The first-order valence-corrected chi connectivity index (χ1v) is 6.64. The molecule has 106 valence electrons. The fourth-order valence-electron chi connectivity index (χ4n) is 2.09. The highest BCUT2D eigenvalue weighted by atomic mass is 16.5. The molecule has 0 fully saturated rings. The Morgan fingerprint density at radius 1 is 1.19 bits per heavy atom. The van der Waals surface area contributed by atoms with Gasteiger partial charge in [0.25, 0.3) is 0 Å². The molecule has 0 saturated heterocycles. The molecule has 0 spiro atoms. The van der Waals surface area contributed by atoms with Crippen LogP contribution in [0.25, 0.3) is 11.3 Å². The third-order valence-corrected chi connectivity index (χ3v) is 3.16. The van der Waals surface area contributed by atoms with Crippen LogP contribution in [0.5, 0.6) is 5.88 Å². The second kappa shape index (κ2) is 5.66. The first kappa shape index (κ1) is 13.2. The average Bonchev–Trinajstić information content (AvgIpc) is 2.87. The largest absolute Gasteiger partial charge is 0.472 e. The van der Waals surface area contributed by atoms with Gasteiger partial charge in [0.05, 0.1) is 17.5 Å². The molecule has 2 heterocycles. The minimum absolute atomic E-state index is 0.482. The predicted molar refractivity (Wildman–Crippen MR) is 81.6 cm³/mol. The zero-order valence-electron chi connectivity index (χ0n) is 11.7. The lowest BCUT2D eigenvalue weighted by molar-refractivity contribution is 0.280. The lowest BCUT2D eigenvalue weighted by Gasteiger charge is -2.09. The number of aryl methyl sites for hydroxylation is 1. The molecule has 0 amide bonds. The van der Waals surface area contributed by atoms with Crippen LogP contribution in [-0.4, -0.2) is 14.8 Å². The maximum atomic E-state index is 5.91. The van der Waals surface area contributed by atoms with Gasteiger partial charge in [-0.1, -0.05) is 30.3 Å². The molecule has 0 radical (unpaired) electrons. The first-order chi connectivity index (χ1) is 10.2. The van der Waals surface area contributed by atoms with E-state index in [0.29, 0.717) is 18.2 Å². The fraction of sp³-hybridized carbons (Fsp3) is 0.125. The highest BCUT2D eigenvalue weighted by Crippen LogP contribution is 2.29. The minimum atomic E-state index is 0.482. The summed E-state index contributed by atoms with van der Waals surface area (Å²) in [5.74, 6) is 0.678. The summed E-state index contributed by atoms with van der Waals surface area (Å²) < 4.78 is 7.61. The van der Waals surface area contributed by atoms with Crippen LogP contribution in [0.3, 0.4) is 0 Å². The number of hydrogen-bond acceptors (Lipinski definition) is 4. The van der Waals surface area contributed by atoms with Crippen molar-refractivity contribution >= 4 is 5.69 Å². The van der Waals surface area contributed by atoms with Gasteiger partial charge in [-0.25, -0.2) is 4.68 Å². The second-order valence-corrected chi connectivity index (χ2v) is 4.74. The summed E-state index contributed by atoms with van der Waals surface area (Å²) >= 11 is 0. The van der Waals surface area contributed by atoms with Gasteiger partial charge in [-0.2, -0.15) is 5.10 Å². The Balaban J connectivity index is 1.87. The van der Waals surface area contributed by atoms with Crippen LogP contribution in [0.4, 0.5) is 5.69 Å². The average molecular weight is 280 g/mol. The SMILES string of the molecule is Cn1ncc(-c2cc(N)ccn2)c1OCc1ccccc1. The zero-order valence-corrected chi connectivity index (χ0v) is 11.7. The summed E-state index contributed by atoms with van der Waals surface area (Å²) in [5, 5.41) is 4.25. The van der Waals surface area contributed by atoms with Gasteiger partial charge in [0.2, 0.25) is 5.88 Å². The van der Waals surface area contributed by atoms with Crippen LogP contribution < -0.4 is 10.5 Å². The summed E-state index contributed by atoms with van der Waals surface area (Å²) in [6, 6.07) is 13.6. The predicted octanol–water partition coefficient (Wildman–Crippen LogP) is 2.64. The number of pyridine rings is 1. The number of nitrogen functional groups attached to an aromatic ring is 1. The highest BCUT2D eigenvalue weighted by Gasteiger charge is 2.13. The van der Waals surface area contributed by atoms with E-state index in [-0.39, 0.29) is 0 Å². The maximum Gasteiger partial charge on any atom is 0.221 e. The number of nitrogens with two attached hydrogens (primary N) is 1. The Morgan fingerprint density at radius 2 is 2.00 bits per heavy atom. The van der Waals surface area contributed by atoms with Crippen molar-refractivity contribution in [3.63, 3.8) is 0 Å². The zero-order chi connectivity index (χ0) is 14.7. The van der Waals surface area contributed by atoms with Gasteiger partial charge in [-0.3, -0.25) is 4.98 Å². The third-order valence-electron chi connectivity index (χ3n) is 3.16. The van der Waals surface area contributed by atoms with Crippen molar-refractivity contribution in [2.75, 3.05) is 5.73 Å². The molecule has 0 atom stereocenters. The van der Waals surface area contributed by atoms with Gasteiger partial charge in [0.15, 0.2) is 0 Å². The molecular formula is C16H16N4O. The monoisotopic (exact) mass is 280 g/mol. The molecule has 21 heavy (non-hydrogen) atoms. The Bertz CT molecular complexity index is 737. The van der Waals surface area contributed by atoms with E-state index in [0.717, 1.165) is 16.8 Å². The van der Waals surface area contributed by atoms with E-state index in [9.17, 15) is 0 Å². The summed E-state index contributed by atoms with van der Waals surface area (Å²) in [6.45, 7) is 0.482.